The predicted octanol–water partition coefficient (Wildman–Crippen LogP) is 1.63. The molecule has 0 radical (unpaired) electrons. The van der Waals surface area contributed by atoms with Crippen LogP contribution in [-0.4, -0.2) is 54.9 Å². The van der Waals surface area contributed by atoms with Gasteiger partial charge in [-0.15, -0.1) is 0 Å². The molecule has 22 heavy (non-hydrogen) atoms. The lowest BCUT2D eigenvalue weighted by Crippen LogP contribution is -2.41. The molecule has 1 aromatic rings. The summed E-state index contributed by atoms with van der Waals surface area (Å²) < 4.78 is 18.5. The van der Waals surface area contributed by atoms with E-state index < -0.39 is 0 Å². The van der Waals surface area contributed by atoms with Crippen molar-refractivity contribution in [3.63, 3.8) is 0 Å². The Hall–Kier alpha value is -1.50. The fraction of sp³-hybridized carbons (Fsp3) is 0.562. The first-order chi connectivity index (χ1) is 10.7. The van der Waals surface area contributed by atoms with Gasteiger partial charge < -0.3 is 15.2 Å². The summed E-state index contributed by atoms with van der Waals surface area (Å²) in [7, 11) is 0. The molecule has 0 spiro atoms. The van der Waals surface area contributed by atoms with Gasteiger partial charge in [-0.1, -0.05) is 0 Å². The van der Waals surface area contributed by atoms with Crippen molar-refractivity contribution in [3.05, 3.63) is 30.1 Å². The van der Waals surface area contributed by atoms with Crippen LogP contribution in [0.25, 0.3) is 0 Å². The molecule has 2 rings (SSSR count). The molecule has 1 heterocycles. The van der Waals surface area contributed by atoms with Crippen molar-refractivity contribution >= 4 is 11.6 Å². The van der Waals surface area contributed by atoms with E-state index >= 15 is 0 Å². The normalized spacial score (nSPS) is 16.6. The first kappa shape index (κ1) is 16.9. The molecule has 1 aliphatic rings. The van der Waals surface area contributed by atoms with Crippen LogP contribution in [0.2, 0.25) is 0 Å². The summed E-state index contributed by atoms with van der Waals surface area (Å²) in [5, 5.41) is 11.5. The van der Waals surface area contributed by atoms with Crippen LogP contribution in [0.15, 0.2) is 24.3 Å². The first-order valence-corrected chi connectivity index (χ1v) is 7.67. The third kappa shape index (κ3) is 5.71. The van der Waals surface area contributed by atoms with Crippen LogP contribution in [-0.2, 0) is 9.53 Å². The van der Waals surface area contributed by atoms with Crippen molar-refractivity contribution in [1.29, 1.82) is 0 Å². The quantitative estimate of drug-likeness (QED) is 0.752. The minimum absolute atomic E-state index is 0.0914. The highest BCUT2D eigenvalue weighted by Gasteiger charge is 2.21. The fourth-order valence-corrected chi connectivity index (χ4v) is 2.49. The molecule has 0 aliphatic carbocycles. The lowest BCUT2D eigenvalue weighted by atomic mass is 10.1. The third-order valence-electron chi connectivity index (χ3n) is 3.69. The topological polar surface area (TPSA) is 61.8 Å². The summed E-state index contributed by atoms with van der Waals surface area (Å²) in [5.41, 5.74) is 0.605. The molecular formula is C16H23FN2O3. The Balaban J connectivity index is 1.67. The maximum Gasteiger partial charge on any atom is 0.238 e. The summed E-state index contributed by atoms with van der Waals surface area (Å²) >= 11 is 0. The molecule has 1 fully saturated rings. The van der Waals surface area contributed by atoms with Gasteiger partial charge in [-0.2, -0.15) is 0 Å². The van der Waals surface area contributed by atoms with Crippen molar-refractivity contribution in [2.75, 3.05) is 38.2 Å². The van der Waals surface area contributed by atoms with Crippen LogP contribution >= 0.6 is 0 Å². The SMILES string of the molecule is O=C(CN1CCC(OCCCO)CC1)Nc1ccc(F)cc1. The van der Waals surface area contributed by atoms with Crippen LogP contribution < -0.4 is 5.32 Å². The van der Waals surface area contributed by atoms with Crippen LogP contribution in [0, 0.1) is 5.82 Å². The zero-order valence-electron chi connectivity index (χ0n) is 12.6. The van der Waals surface area contributed by atoms with E-state index in [9.17, 15) is 9.18 Å². The number of nitrogens with one attached hydrogen (secondary N) is 1. The van der Waals surface area contributed by atoms with Gasteiger partial charge in [0.25, 0.3) is 0 Å². The highest BCUT2D eigenvalue weighted by molar-refractivity contribution is 5.92. The van der Waals surface area contributed by atoms with Gasteiger partial charge >= 0.3 is 0 Å². The Labute approximate surface area is 130 Å². The second kappa shape index (κ2) is 8.82. The average Bonchev–Trinajstić information content (AvgIpc) is 2.51. The average molecular weight is 310 g/mol. The monoisotopic (exact) mass is 310 g/mol. The summed E-state index contributed by atoms with van der Waals surface area (Å²) in [5.74, 6) is -0.410. The first-order valence-electron chi connectivity index (χ1n) is 7.67. The molecule has 0 aromatic heterocycles. The van der Waals surface area contributed by atoms with E-state index in [1.165, 1.54) is 12.1 Å². The molecule has 0 saturated carbocycles. The fourth-order valence-electron chi connectivity index (χ4n) is 2.49. The standard InChI is InChI=1S/C16H23FN2O3/c17-13-2-4-14(5-3-13)18-16(21)12-19-8-6-15(7-9-19)22-11-1-10-20/h2-5,15,20H,1,6-12H2,(H,18,21). The summed E-state index contributed by atoms with van der Waals surface area (Å²) in [6.07, 6.45) is 2.69. The second-order valence-corrected chi connectivity index (χ2v) is 5.48. The van der Waals surface area contributed by atoms with Crippen LogP contribution in [0.1, 0.15) is 19.3 Å². The molecule has 2 N–H and O–H groups in total. The lowest BCUT2D eigenvalue weighted by Gasteiger charge is -2.31. The van der Waals surface area contributed by atoms with Gasteiger partial charge in [0.15, 0.2) is 0 Å². The van der Waals surface area contributed by atoms with E-state index in [0.717, 1.165) is 25.9 Å². The molecule has 1 saturated heterocycles. The zero-order valence-corrected chi connectivity index (χ0v) is 12.6. The number of carbonyl (C=O) groups is 1. The second-order valence-electron chi connectivity index (χ2n) is 5.48. The molecule has 1 amide bonds. The Bertz CT molecular complexity index is 459. The molecule has 1 aromatic carbocycles. The van der Waals surface area contributed by atoms with Crippen molar-refractivity contribution in [3.8, 4) is 0 Å². The molecule has 0 atom stereocenters. The van der Waals surface area contributed by atoms with E-state index in [-0.39, 0.29) is 24.4 Å². The highest BCUT2D eigenvalue weighted by atomic mass is 19.1. The number of hydrogen-bond acceptors (Lipinski definition) is 4. The van der Waals surface area contributed by atoms with Gasteiger partial charge in [-0.05, 0) is 43.5 Å². The maximum atomic E-state index is 12.8. The zero-order chi connectivity index (χ0) is 15.8. The van der Waals surface area contributed by atoms with Crippen molar-refractivity contribution in [2.24, 2.45) is 0 Å². The molecule has 0 bridgehead atoms. The van der Waals surface area contributed by atoms with Crippen LogP contribution in [0.4, 0.5) is 10.1 Å². The number of rotatable bonds is 7. The Kier molecular flexibility index (Phi) is 6.76. The molecule has 6 heteroatoms. The van der Waals surface area contributed by atoms with Gasteiger partial charge in [0, 0.05) is 32.0 Å². The molecule has 0 unspecified atom stereocenters. The predicted molar refractivity (Wildman–Crippen MR) is 82.1 cm³/mol. The van der Waals surface area contributed by atoms with Gasteiger partial charge in [0.05, 0.1) is 12.6 Å². The number of nitrogens with zero attached hydrogens (tertiary/aromatic N) is 1. The number of halogens is 1. The van der Waals surface area contributed by atoms with Gasteiger partial charge in [-0.3, -0.25) is 9.69 Å². The Morgan fingerprint density at radius 3 is 2.64 bits per heavy atom. The molecule has 122 valence electrons. The van der Waals surface area contributed by atoms with E-state index in [1.54, 1.807) is 12.1 Å². The van der Waals surface area contributed by atoms with Crippen LogP contribution in [0.3, 0.4) is 0 Å². The number of hydrogen-bond donors (Lipinski definition) is 2. The van der Waals surface area contributed by atoms with Gasteiger partial charge in [0.2, 0.25) is 5.91 Å². The molecule has 1 aliphatic heterocycles. The number of anilines is 1. The van der Waals surface area contributed by atoms with Gasteiger partial charge in [0.1, 0.15) is 5.82 Å². The number of amides is 1. The summed E-state index contributed by atoms with van der Waals surface area (Å²) in [6, 6.07) is 5.75. The third-order valence-corrected chi connectivity index (χ3v) is 3.69. The van der Waals surface area contributed by atoms with E-state index in [4.69, 9.17) is 9.84 Å². The number of ether oxygens (including phenoxy) is 1. The number of aliphatic hydroxyl groups is 1. The Morgan fingerprint density at radius 2 is 2.00 bits per heavy atom. The van der Waals surface area contributed by atoms with Crippen molar-refractivity contribution in [2.45, 2.75) is 25.4 Å². The van der Waals surface area contributed by atoms with E-state index in [2.05, 4.69) is 10.2 Å². The maximum absolute atomic E-state index is 12.8. The number of piperidine rings is 1. The van der Waals surface area contributed by atoms with Gasteiger partial charge in [-0.25, -0.2) is 4.39 Å². The minimum Gasteiger partial charge on any atom is -0.396 e. The van der Waals surface area contributed by atoms with E-state index in [1.807, 2.05) is 0 Å². The number of benzene rings is 1. The summed E-state index contributed by atoms with van der Waals surface area (Å²) in [4.78, 5) is 14.0. The largest absolute Gasteiger partial charge is 0.396 e. The number of carbonyl (C=O) groups excluding carboxylic acids is 1. The molecule has 5 nitrogen and oxygen atoms in total. The van der Waals surface area contributed by atoms with Crippen LogP contribution in [0.5, 0.6) is 0 Å². The van der Waals surface area contributed by atoms with Crippen molar-refractivity contribution < 1.29 is 19.0 Å². The lowest BCUT2D eigenvalue weighted by molar-refractivity contribution is -0.118. The number of likely N-dealkylation sites (tertiary alicyclic amines) is 1. The Morgan fingerprint density at radius 1 is 1.32 bits per heavy atom. The highest BCUT2D eigenvalue weighted by Crippen LogP contribution is 2.14. The van der Waals surface area contributed by atoms with E-state index in [0.29, 0.717) is 25.3 Å². The number of aliphatic hydroxyl groups excluding tert-OH is 1. The molecular weight excluding hydrogens is 287 g/mol. The smallest absolute Gasteiger partial charge is 0.238 e. The minimum atomic E-state index is -0.318. The summed E-state index contributed by atoms with van der Waals surface area (Å²) in [6.45, 7) is 2.72. The van der Waals surface area contributed by atoms with Crippen molar-refractivity contribution in [1.82, 2.24) is 4.90 Å².